The van der Waals surface area contributed by atoms with Crippen molar-refractivity contribution in [3.63, 3.8) is 0 Å². The van der Waals surface area contributed by atoms with E-state index in [0.29, 0.717) is 0 Å². The summed E-state index contributed by atoms with van der Waals surface area (Å²) in [5.74, 6) is -0.533. The number of hydrogen-bond donors (Lipinski definition) is 2. The van der Waals surface area contributed by atoms with Gasteiger partial charge in [0.25, 0.3) is 0 Å². The highest BCUT2D eigenvalue weighted by Crippen LogP contribution is 2.14. The molecule has 0 saturated heterocycles. The number of carbonyl (C=O) groups is 2. The lowest BCUT2D eigenvalue weighted by molar-refractivity contribution is -0.154. The molecule has 0 aliphatic rings. The first-order chi connectivity index (χ1) is 10.7. The summed E-state index contributed by atoms with van der Waals surface area (Å²) in [6.07, 6.45) is -0.532. The van der Waals surface area contributed by atoms with Gasteiger partial charge in [0.15, 0.2) is 6.04 Å². The van der Waals surface area contributed by atoms with Gasteiger partial charge in [-0.1, -0.05) is 30.3 Å². The van der Waals surface area contributed by atoms with Gasteiger partial charge in [-0.25, -0.2) is 9.59 Å². The Morgan fingerprint density at radius 1 is 1.17 bits per heavy atom. The predicted octanol–water partition coefficient (Wildman–Crippen LogP) is 2.23. The Morgan fingerprint density at radius 2 is 1.78 bits per heavy atom. The van der Waals surface area contributed by atoms with E-state index in [0.717, 1.165) is 5.56 Å². The van der Waals surface area contributed by atoms with Crippen molar-refractivity contribution in [2.45, 2.75) is 52.0 Å². The zero-order chi connectivity index (χ0) is 17.5. The van der Waals surface area contributed by atoms with Crippen LogP contribution in [0.2, 0.25) is 0 Å². The average Bonchev–Trinajstić information content (AvgIpc) is 2.49. The minimum atomic E-state index is -0.891. The summed E-state index contributed by atoms with van der Waals surface area (Å²) in [7, 11) is 1.48. The number of hydrogen-bond acceptors (Lipinski definition) is 4. The van der Waals surface area contributed by atoms with E-state index in [1.54, 1.807) is 6.92 Å². The van der Waals surface area contributed by atoms with Crippen LogP contribution in [0.25, 0.3) is 0 Å². The van der Waals surface area contributed by atoms with Crippen molar-refractivity contribution >= 4 is 12.0 Å². The van der Waals surface area contributed by atoms with Crippen molar-refractivity contribution in [2.75, 3.05) is 7.05 Å². The average molecular weight is 322 g/mol. The van der Waals surface area contributed by atoms with E-state index in [2.05, 4.69) is 10.6 Å². The van der Waals surface area contributed by atoms with Gasteiger partial charge in [0.1, 0.15) is 6.61 Å². The normalized spacial score (nSPS) is 13.8. The molecule has 23 heavy (non-hydrogen) atoms. The first-order valence-corrected chi connectivity index (χ1v) is 7.59. The lowest BCUT2D eigenvalue weighted by atomic mass is 10.1. The molecule has 0 aromatic heterocycles. The lowest BCUT2D eigenvalue weighted by Gasteiger charge is -2.30. The first kappa shape index (κ1) is 19.0. The van der Waals surface area contributed by atoms with Crippen LogP contribution >= 0.6 is 0 Å². The maximum absolute atomic E-state index is 12.4. The van der Waals surface area contributed by atoms with Crippen LogP contribution in [0.5, 0.6) is 0 Å². The number of benzene rings is 1. The molecule has 6 heteroatoms. The molecule has 0 aliphatic heterocycles. The molecule has 1 aromatic rings. The van der Waals surface area contributed by atoms with Crippen molar-refractivity contribution in [3.05, 3.63) is 35.9 Å². The number of rotatable bonds is 6. The van der Waals surface area contributed by atoms with Gasteiger partial charge in [-0.2, -0.15) is 0 Å². The molecule has 0 bridgehead atoms. The molecule has 1 aromatic carbocycles. The Bertz CT molecular complexity index is 511. The van der Waals surface area contributed by atoms with E-state index in [1.165, 1.54) is 7.05 Å². The zero-order valence-corrected chi connectivity index (χ0v) is 14.4. The molecule has 0 heterocycles. The fourth-order valence-electron chi connectivity index (χ4n) is 2.03. The molecule has 6 nitrogen and oxygen atoms in total. The molecule has 0 saturated carbocycles. The second-order valence-electron chi connectivity index (χ2n) is 6.23. The molecule has 2 atom stereocenters. The quantitative estimate of drug-likeness (QED) is 0.788. The Labute approximate surface area is 137 Å². The smallest absolute Gasteiger partial charge is 0.331 e. The molecule has 0 spiro atoms. The predicted molar refractivity (Wildman–Crippen MR) is 87.9 cm³/mol. The second-order valence-corrected chi connectivity index (χ2v) is 6.23. The minimum absolute atomic E-state index is 0.147. The fourth-order valence-corrected chi connectivity index (χ4v) is 2.03. The Morgan fingerprint density at radius 3 is 2.30 bits per heavy atom. The minimum Gasteiger partial charge on any atom is -0.459 e. The molecular formula is C17H26N2O4. The standard InChI is InChI=1S/C17H26N2O4/c1-12(23-17(2,3)4)14(19-16(21)18-5)15(20)22-11-13-9-7-6-8-10-13/h6-10,12,14H,11H2,1-5H3,(H2,18,19,21)/t12?,14-/m0/s1. The first-order valence-electron chi connectivity index (χ1n) is 7.59. The van der Waals surface area contributed by atoms with E-state index in [9.17, 15) is 9.59 Å². The Balaban J connectivity index is 2.73. The van der Waals surface area contributed by atoms with Crippen LogP contribution < -0.4 is 10.6 Å². The maximum atomic E-state index is 12.4. The monoisotopic (exact) mass is 322 g/mol. The zero-order valence-electron chi connectivity index (χ0n) is 14.4. The van der Waals surface area contributed by atoms with E-state index in [1.807, 2.05) is 51.1 Å². The largest absolute Gasteiger partial charge is 0.459 e. The summed E-state index contributed by atoms with van der Waals surface area (Å²) in [4.78, 5) is 23.9. The summed E-state index contributed by atoms with van der Waals surface area (Å²) in [5, 5.41) is 5.00. The van der Waals surface area contributed by atoms with Gasteiger partial charge in [0, 0.05) is 7.05 Å². The molecule has 1 unspecified atom stereocenters. The summed E-state index contributed by atoms with van der Waals surface area (Å²) >= 11 is 0. The third-order valence-electron chi connectivity index (χ3n) is 3.00. The van der Waals surface area contributed by atoms with Crippen molar-refractivity contribution in [1.29, 1.82) is 0 Å². The molecule has 128 valence electrons. The van der Waals surface area contributed by atoms with Crippen LogP contribution in [0, 0.1) is 0 Å². The van der Waals surface area contributed by atoms with E-state index in [4.69, 9.17) is 9.47 Å². The van der Waals surface area contributed by atoms with Crippen molar-refractivity contribution in [2.24, 2.45) is 0 Å². The molecule has 1 rings (SSSR count). The van der Waals surface area contributed by atoms with Crippen LogP contribution in [0.4, 0.5) is 4.79 Å². The van der Waals surface area contributed by atoms with Gasteiger partial charge in [-0.15, -0.1) is 0 Å². The third kappa shape index (κ3) is 7.15. The van der Waals surface area contributed by atoms with Gasteiger partial charge in [0.05, 0.1) is 11.7 Å². The van der Waals surface area contributed by atoms with Gasteiger partial charge < -0.3 is 20.1 Å². The maximum Gasteiger partial charge on any atom is 0.331 e. The molecule has 2 N–H and O–H groups in total. The van der Waals surface area contributed by atoms with Gasteiger partial charge in [-0.05, 0) is 33.3 Å². The molecule has 0 radical (unpaired) electrons. The van der Waals surface area contributed by atoms with Gasteiger partial charge in [0.2, 0.25) is 0 Å². The van der Waals surface area contributed by atoms with Crippen molar-refractivity contribution in [1.82, 2.24) is 10.6 Å². The highest BCUT2D eigenvalue weighted by molar-refractivity contribution is 5.83. The summed E-state index contributed by atoms with van der Waals surface area (Å²) in [6.45, 7) is 7.53. The Hall–Kier alpha value is -2.08. The topological polar surface area (TPSA) is 76.7 Å². The summed E-state index contributed by atoms with van der Waals surface area (Å²) in [5.41, 5.74) is 0.436. The van der Waals surface area contributed by atoms with Crippen LogP contribution in [-0.2, 0) is 20.9 Å². The van der Waals surface area contributed by atoms with E-state index in [-0.39, 0.29) is 6.61 Å². The highest BCUT2D eigenvalue weighted by atomic mass is 16.5. The number of amides is 2. The Kier molecular flexibility index (Phi) is 7.03. The molecule has 2 amide bonds. The third-order valence-corrected chi connectivity index (χ3v) is 3.00. The molecule has 0 aliphatic carbocycles. The molecular weight excluding hydrogens is 296 g/mol. The van der Waals surface area contributed by atoms with Crippen molar-refractivity contribution in [3.8, 4) is 0 Å². The number of nitrogens with one attached hydrogen (secondary N) is 2. The van der Waals surface area contributed by atoms with Crippen LogP contribution in [0.15, 0.2) is 30.3 Å². The number of esters is 1. The van der Waals surface area contributed by atoms with E-state index >= 15 is 0 Å². The van der Waals surface area contributed by atoms with Gasteiger partial charge in [-0.3, -0.25) is 0 Å². The van der Waals surface area contributed by atoms with E-state index < -0.39 is 29.7 Å². The number of ether oxygens (including phenoxy) is 2. The molecule has 0 fully saturated rings. The highest BCUT2D eigenvalue weighted by Gasteiger charge is 2.31. The number of carbonyl (C=O) groups excluding carboxylic acids is 2. The summed E-state index contributed by atoms with van der Waals surface area (Å²) < 4.78 is 11.1. The lowest BCUT2D eigenvalue weighted by Crippen LogP contribution is -2.53. The SMILES string of the molecule is CNC(=O)N[C@H](C(=O)OCc1ccccc1)C(C)OC(C)(C)C. The fraction of sp³-hybridized carbons (Fsp3) is 0.529. The second kappa shape index (κ2) is 8.53. The number of urea groups is 1. The van der Waals surface area contributed by atoms with Crippen molar-refractivity contribution < 1.29 is 19.1 Å². The van der Waals surface area contributed by atoms with Gasteiger partial charge >= 0.3 is 12.0 Å². The van der Waals surface area contributed by atoms with Crippen LogP contribution in [-0.4, -0.2) is 36.8 Å². The van der Waals surface area contributed by atoms with Crippen LogP contribution in [0.3, 0.4) is 0 Å². The summed E-state index contributed by atoms with van der Waals surface area (Å²) in [6, 6.07) is 8.01. The van der Waals surface area contributed by atoms with Crippen LogP contribution in [0.1, 0.15) is 33.3 Å².